The smallest absolute Gasteiger partial charge is 0.322 e. The van der Waals surface area contributed by atoms with Crippen molar-refractivity contribution in [2.24, 2.45) is 0 Å². The lowest BCUT2D eigenvalue weighted by atomic mass is 10.0. The van der Waals surface area contributed by atoms with Crippen LogP contribution in [0.15, 0.2) is 0 Å². The SMILES string of the molecule is COC(=O)C(CCN1CCCCC1C)NC1CC1. The van der Waals surface area contributed by atoms with Gasteiger partial charge in [-0.25, -0.2) is 0 Å². The molecule has 1 aliphatic heterocycles. The van der Waals surface area contributed by atoms with Crippen LogP contribution in [0.5, 0.6) is 0 Å². The average Bonchev–Trinajstić information content (AvgIpc) is 3.19. The molecule has 0 amide bonds. The normalized spacial score (nSPS) is 26.9. The average molecular weight is 254 g/mol. The molecule has 0 bridgehead atoms. The number of nitrogens with one attached hydrogen (secondary N) is 1. The summed E-state index contributed by atoms with van der Waals surface area (Å²) in [6.07, 6.45) is 7.20. The van der Waals surface area contributed by atoms with Crippen molar-refractivity contribution in [1.29, 1.82) is 0 Å². The number of ether oxygens (including phenoxy) is 1. The summed E-state index contributed by atoms with van der Waals surface area (Å²) in [6, 6.07) is 1.10. The molecule has 1 heterocycles. The van der Waals surface area contributed by atoms with Crippen molar-refractivity contribution in [1.82, 2.24) is 10.2 Å². The minimum absolute atomic E-state index is 0.105. The van der Waals surface area contributed by atoms with Gasteiger partial charge in [0.1, 0.15) is 6.04 Å². The highest BCUT2D eigenvalue weighted by Gasteiger charge is 2.29. The summed E-state index contributed by atoms with van der Waals surface area (Å²) in [4.78, 5) is 14.2. The van der Waals surface area contributed by atoms with E-state index in [-0.39, 0.29) is 12.0 Å². The summed E-state index contributed by atoms with van der Waals surface area (Å²) in [5, 5.41) is 3.39. The first kappa shape index (κ1) is 13.8. The molecule has 0 radical (unpaired) electrons. The number of methoxy groups -OCH3 is 1. The molecule has 0 aromatic heterocycles. The predicted octanol–water partition coefficient (Wildman–Crippen LogP) is 1.54. The largest absolute Gasteiger partial charge is 0.468 e. The number of hydrogen-bond donors (Lipinski definition) is 1. The maximum Gasteiger partial charge on any atom is 0.322 e. The fourth-order valence-electron chi connectivity index (χ4n) is 2.73. The van der Waals surface area contributed by atoms with Crippen LogP contribution in [0.3, 0.4) is 0 Å². The quantitative estimate of drug-likeness (QED) is 0.730. The van der Waals surface area contributed by atoms with E-state index in [0.717, 1.165) is 13.0 Å². The third-order valence-corrected chi connectivity index (χ3v) is 4.15. The zero-order chi connectivity index (χ0) is 13.0. The lowest BCUT2D eigenvalue weighted by molar-refractivity contribution is -0.143. The molecule has 18 heavy (non-hydrogen) atoms. The molecule has 0 aromatic rings. The maximum atomic E-state index is 11.7. The monoisotopic (exact) mass is 254 g/mol. The minimum atomic E-state index is -0.114. The zero-order valence-electron chi connectivity index (χ0n) is 11.7. The summed E-state index contributed by atoms with van der Waals surface area (Å²) >= 11 is 0. The zero-order valence-corrected chi connectivity index (χ0v) is 11.7. The van der Waals surface area contributed by atoms with Gasteiger partial charge >= 0.3 is 5.97 Å². The van der Waals surface area contributed by atoms with Gasteiger partial charge in [-0.1, -0.05) is 6.42 Å². The highest BCUT2D eigenvalue weighted by atomic mass is 16.5. The fraction of sp³-hybridized carbons (Fsp3) is 0.929. The second-order valence-corrected chi connectivity index (χ2v) is 5.69. The summed E-state index contributed by atoms with van der Waals surface area (Å²) in [7, 11) is 1.48. The number of hydrogen-bond acceptors (Lipinski definition) is 4. The topological polar surface area (TPSA) is 41.6 Å². The predicted molar refractivity (Wildman–Crippen MR) is 71.5 cm³/mol. The van der Waals surface area contributed by atoms with Gasteiger partial charge in [0, 0.05) is 18.6 Å². The van der Waals surface area contributed by atoms with E-state index in [1.807, 2.05) is 0 Å². The Morgan fingerprint density at radius 3 is 2.78 bits per heavy atom. The highest BCUT2D eigenvalue weighted by molar-refractivity contribution is 5.75. The van der Waals surface area contributed by atoms with Gasteiger partial charge in [0.05, 0.1) is 7.11 Å². The van der Waals surface area contributed by atoms with E-state index in [4.69, 9.17) is 4.74 Å². The molecular formula is C14H26N2O2. The van der Waals surface area contributed by atoms with Gasteiger partial charge in [0.25, 0.3) is 0 Å². The molecule has 2 unspecified atom stereocenters. The van der Waals surface area contributed by atoms with Gasteiger partial charge in [-0.05, 0) is 45.6 Å². The molecule has 1 saturated heterocycles. The van der Waals surface area contributed by atoms with Gasteiger partial charge < -0.3 is 15.0 Å². The molecule has 1 saturated carbocycles. The number of carbonyl (C=O) groups excluding carboxylic acids is 1. The van der Waals surface area contributed by atoms with Crippen molar-refractivity contribution < 1.29 is 9.53 Å². The molecular weight excluding hydrogens is 228 g/mol. The van der Waals surface area contributed by atoms with Crippen LogP contribution < -0.4 is 5.32 Å². The molecule has 4 heteroatoms. The van der Waals surface area contributed by atoms with E-state index in [9.17, 15) is 4.79 Å². The Labute approximate surface area is 110 Å². The van der Waals surface area contributed by atoms with Crippen LogP contribution in [0.4, 0.5) is 0 Å². The third-order valence-electron chi connectivity index (χ3n) is 4.15. The molecule has 1 aliphatic carbocycles. The first-order chi connectivity index (χ1) is 8.70. The van der Waals surface area contributed by atoms with Crippen LogP contribution in [0.2, 0.25) is 0 Å². The van der Waals surface area contributed by atoms with E-state index in [0.29, 0.717) is 12.1 Å². The van der Waals surface area contributed by atoms with Gasteiger partial charge in [-0.15, -0.1) is 0 Å². The Bertz CT molecular complexity index is 279. The molecule has 4 nitrogen and oxygen atoms in total. The first-order valence-electron chi connectivity index (χ1n) is 7.28. The Balaban J connectivity index is 1.78. The molecule has 104 valence electrons. The third kappa shape index (κ3) is 3.95. The van der Waals surface area contributed by atoms with Crippen molar-refractivity contribution in [3.8, 4) is 0 Å². The number of esters is 1. The van der Waals surface area contributed by atoms with Crippen LogP contribution in [0, 0.1) is 0 Å². The Morgan fingerprint density at radius 1 is 1.39 bits per heavy atom. The number of piperidine rings is 1. The standard InChI is InChI=1S/C14H26N2O2/c1-11-5-3-4-9-16(11)10-8-13(14(17)18-2)15-12-6-7-12/h11-13,15H,3-10H2,1-2H3. The van der Waals surface area contributed by atoms with Crippen molar-refractivity contribution in [3.63, 3.8) is 0 Å². The van der Waals surface area contributed by atoms with Crippen molar-refractivity contribution in [2.45, 2.75) is 63.6 Å². The summed E-state index contributed by atoms with van der Waals surface area (Å²) in [5.41, 5.74) is 0. The first-order valence-corrected chi connectivity index (χ1v) is 7.28. The lowest BCUT2D eigenvalue weighted by Crippen LogP contribution is -2.44. The van der Waals surface area contributed by atoms with Gasteiger partial charge in [0.15, 0.2) is 0 Å². The second kappa shape index (κ2) is 6.53. The van der Waals surface area contributed by atoms with Crippen LogP contribution in [0.25, 0.3) is 0 Å². The van der Waals surface area contributed by atoms with Crippen molar-refractivity contribution >= 4 is 5.97 Å². The summed E-state index contributed by atoms with van der Waals surface area (Å²) in [5.74, 6) is -0.105. The van der Waals surface area contributed by atoms with E-state index < -0.39 is 0 Å². The van der Waals surface area contributed by atoms with Crippen molar-refractivity contribution in [3.05, 3.63) is 0 Å². The number of nitrogens with zero attached hydrogens (tertiary/aromatic N) is 1. The molecule has 2 aliphatic rings. The Morgan fingerprint density at radius 2 is 2.17 bits per heavy atom. The number of carbonyl (C=O) groups is 1. The van der Waals surface area contributed by atoms with E-state index in [1.54, 1.807) is 0 Å². The fourth-order valence-corrected chi connectivity index (χ4v) is 2.73. The van der Waals surface area contributed by atoms with Crippen LogP contribution in [-0.2, 0) is 9.53 Å². The van der Waals surface area contributed by atoms with E-state index in [2.05, 4.69) is 17.1 Å². The Kier molecular flexibility index (Phi) is 5.01. The maximum absolute atomic E-state index is 11.7. The van der Waals surface area contributed by atoms with Gasteiger partial charge in [-0.3, -0.25) is 4.79 Å². The van der Waals surface area contributed by atoms with Gasteiger partial charge in [-0.2, -0.15) is 0 Å². The van der Waals surface area contributed by atoms with Gasteiger partial charge in [0.2, 0.25) is 0 Å². The second-order valence-electron chi connectivity index (χ2n) is 5.69. The number of rotatable bonds is 6. The molecule has 2 rings (SSSR count). The van der Waals surface area contributed by atoms with Crippen LogP contribution >= 0.6 is 0 Å². The summed E-state index contributed by atoms with van der Waals surface area (Å²) < 4.78 is 4.89. The Hall–Kier alpha value is -0.610. The molecule has 2 atom stereocenters. The highest BCUT2D eigenvalue weighted by Crippen LogP contribution is 2.21. The summed E-state index contributed by atoms with van der Waals surface area (Å²) in [6.45, 7) is 4.47. The van der Waals surface area contributed by atoms with Crippen LogP contribution in [-0.4, -0.2) is 49.2 Å². The lowest BCUT2D eigenvalue weighted by Gasteiger charge is -2.34. The molecule has 2 fully saturated rings. The minimum Gasteiger partial charge on any atom is -0.468 e. The van der Waals surface area contributed by atoms with E-state index >= 15 is 0 Å². The molecule has 0 spiro atoms. The molecule has 0 aromatic carbocycles. The van der Waals surface area contributed by atoms with E-state index in [1.165, 1.54) is 45.8 Å². The van der Waals surface area contributed by atoms with Crippen LogP contribution in [0.1, 0.15) is 45.4 Å². The van der Waals surface area contributed by atoms with Crippen molar-refractivity contribution in [2.75, 3.05) is 20.2 Å². The molecule has 1 N–H and O–H groups in total. The number of likely N-dealkylation sites (tertiary alicyclic amines) is 1.